The molecule has 1 saturated heterocycles. The predicted molar refractivity (Wildman–Crippen MR) is 111 cm³/mol. The van der Waals surface area contributed by atoms with Crippen LogP contribution < -0.4 is 9.47 Å². The van der Waals surface area contributed by atoms with Gasteiger partial charge in [-0.1, -0.05) is 18.2 Å². The zero-order valence-electron chi connectivity index (χ0n) is 16.2. The van der Waals surface area contributed by atoms with Gasteiger partial charge in [0.25, 0.3) is 11.1 Å². The molecular formula is C21H17NO8S. The normalized spacial score (nSPS) is 14.7. The van der Waals surface area contributed by atoms with Gasteiger partial charge < -0.3 is 19.7 Å². The molecule has 160 valence electrons. The number of aromatic carboxylic acids is 1. The fourth-order valence-corrected chi connectivity index (χ4v) is 3.59. The molecule has 0 bridgehead atoms. The Kier molecular flexibility index (Phi) is 6.61. The lowest BCUT2D eigenvalue weighted by Crippen LogP contribution is -2.27. The Hall–Kier alpha value is -3.79. The van der Waals surface area contributed by atoms with Crippen LogP contribution in [0.1, 0.15) is 21.5 Å². The summed E-state index contributed by atoms with van der Waals surface area (Å²) in [6.45, 7) is -0.505. The Morgan fingerprint density at radius 1 is 1.06 bits per heavy atom. The quantitative estimate of drug-likeness (QED) is 0.591. The second-order valence-electron chi connectivity index (χ2n) is 6.36. The minimum absolute atomic E-state index is 0.0210. The molecule has 2 aromatic rings. The topological polar surface area (TPSA) is 130 Å². The highest BCUT2D eigenvalue weighted by Crippen LogP contribution is 2.35. The summed E-state index contributed by atoms with van der Waals surface area (Å²) in [7, 11) is 1.40. The fourth-order valence-electron chi connectivity index (χ4n) is 2.76. The number of ether oxygens (including phenoxy) is 2. The largest absolute Gasteiger partial charge is 0.493 e. The van der Waals surface area contributed by atoms with Crippen LogP contribution in [0, 0.1) is 0 Å². The van der Waals surface area contributed by atoms with Crippen molar-refractivity contribution < 1.29 is 38.9 Å². The lowest BCUT2D eigenvalue weighted by Gasteiger charge is -2.12. The van der Waals surface area contributed by atoms with E-state index in [1.165, 1.54) is 31.4 Å². The molecule has 0 unspecified atom stereocenters. The number of aliphatic carboxylic acids is 1. The predicted octanol–water partition coefficient (Wildman–Crippen LogP) is 3.09. The van der Waals surface area contributed by atoms with E-state index in [0.29, 0.717) is 11.1 Å². The van der Waals surface area contributed by atoms with Gasteiger partial charge in [-0.15, -0.1) is 0 Å². The van der Waals surface area contributed by atoms with Gasteiger partial charge in [-0.05, 0) is 53.2 Å². The van der Waals surface area contributed by atoms with Crippen LogP contribution in [-0.2, 0) is 16.1 Å². The maximum absolute atomic E-state index is 12.7. The number of imide groups is 1. The summed E-state index contributed by atoms with van der Waals surface area (Å²) in [5.41, 5.74) is 1.30. The molecule has 2 aromatic carbocycles. The van der Waals surface area contributed by atoms with Crippen LogP contribution in [-0.4, -0.2) is 51.9 Å². The first-order valence-electron chi connectivity index (χ1n) is 8.88. The van der Waals surface area contributed by atoms with Gasteiger partial charge in [0.2, 0.25) is 0 Å². The second kappa shape index (κ2) is 9.35. The van der Waals surface area contributed by atoms with Crippen molar-refractivity contribution in [2.75, 3.05) is 13.7 Å². The molecule has 0 spiro atoms. The van der Waals surface area contributed by atoms with Crippen LogP contribution in [0.15, 0.2) is 47.4 Å². The van der Waals surface area contributed by atoms with Gasteiger partial charge in [-0.25, -0.2) is 9.59 Å². The van der Waals surface area contributed by atoms with E-state index in [0.717, 1.165) is 16.7 Å². The summed E-state index contributed by atoms with van der Waals surface area (Å²) in [4.78, 5) is 47.9. The first-order valence-corrected chi connectivity index (χ1v) is 9.70. The maximum atomic E-state index is 12.7. The van der Waals surface area contributed by atoms with Crippen molar-refractivity contribution in [3.8, 4) is 11.5 Å². The van der Waals surface area contributed by atoms with Gasteiger partial charge in [-0.2, -0.15) is 0 Å². The van der Waals surface area contributed by atoms with Crippen molar-refractivity contribution in [3.63, 3.8) is 0 Å². The zero-order chi connectivity index (χ0) is 22.5. The highest BCUT2D eigenvalue weighted by atomic mass is 32.2. The van der Waals surface area contributed by atoms with Crippen LogP contribution in [0.5, 0.6) is 11.5 Å². The molecule has 3 rings (SSSR count). The third kappa shape index (κ3) is 5.23. The SMILES string of the molecule is COc1cc(/C=C2\SC(=O)N(Cc3ccc(C(=O)O)cc3)C2=O)ccc1OCC(=O)O. The summed E-state index contributed by atoms with van der Waals surface area (Å²) in [6.07, 6.45) is 1.53. The first-order chi connectivity index (χ1) is 14.8. The molecule has 0 atom stereocenters. The Labute approximate surface area is 180 Å². The Balaban J connectivity index is 1.76. The van der Waals surface area contributed by atoms with Crippen LogP contribution in [0.25, 0.3) is 6.08 Å². The summed E-state index contributed by atoms with van der Waals surface area (Å²) < 4.78 is 10.3. The molecule has 0 aromatic heterocycles. The lowest BCUT2D eigenvalue weighted by molar-refractivity contribution is -0.139. The van der Waals surface area contributed by atoms with Gasteiger partial charge in [0.05, 0.1) is 24.1 Å². The lowest BCUT2D eigenvalue weighted by atomic mass is 10.1. The molecule has 1 fully saturated rings. The molecule has 1 aliphatic rings. The molecule has 1 aliphatic heterocycles. The molecule has 0 aliphatic carbocycles. The van der Waals surface area contributed by atoms with Crippen molar-refractivity contribution in [1.29, 1.82) is 0 Å². The smallest absolute Gasteiger partial charge is 0.341 e. The van der Waals surface area contributed by atoms with Crippen molar-refractivity contribution in [2.45, 2.75) is 6.54 Å². The van der Waals surface area contributed by atoms with Gasteiger partial charge in [-0.3, -0.25) is 14.5 Å². The Morgan fingerprint density at radius 3 is 2.39 bits per heavy atom. The Bertz CT molecular complexity index is 1080. The molecule has 2 N–H and O–H groups in total. The number of carboxylic acids is 2. The number of thioether (sulfide) groups is 1. The molecule has 0 saturated carbocycles. The number of rotatable bonds is 8. The number of carbonyl (C=O) groups excluding carboxylic acids is 2. The highest BCUT2D eigenvalue weighted by molar-refractivity contribution is 8.18. The molecule has 2 amide bonds. The third-order valence-corrected chi connectivity index (χ3v) is 5.16. The van der Waals surface area contributed by atoms with Crippen LogP contribution in [0.2, 0.25) is 0 Å². The van der Waals surface area contributed by atoms with E-state index in [4.69, 9.17) is 19.7 Å². The summed E-state index contributed by atoms with van der Waals surface area (Å²) in [5.74, 6) is -2.14. The van der Waals surface area contributed by atoms with Gasteiger partial charge in [0, 0.05) is 0 Å². The van der Waals surface area contributed by atoms with E-state index in [1.54, 1.807) is 24.3 Å². The summed E-state index contributed by atoms with van der Waals surface area (Å²) in [6, 6.07) is 10.6. The first kappa shape index (κ1) is 21.9. The number of nitrogens with zero attached hydrogens (tertiary/aromatic N) is 1. The average Bonchev–Trinajstić information content (AvgIpc) is 3.00. The second-order valence-corrected chi connectivity index (χ2v) is 7.36. The molecule has 1 heterocycles. The number of benzene rings is 2. The standard InChI is InChI=1S/C21H17NO8S/c1-29-16-8-13(4-7-15(16)30-11-18(23)24)9-17-19(25)22(21(28)31-17)10-12-2-5-14(6-3-12)20(26)27/h2-9H,10-11H2,1H3,(H,23,24)(H,26,27)/b17-9-. The van der Waals surface area contributed by atoms with E-state index >= 15 is 0 Å². The highest BCUT2D eigenvalue weighted by Gasteiger charge is 2.35. The summed E-state index contributed by atoms with van der Waals surface area (Å²) >= 11 is 0.790. The van der Waals surface area contributed by atoms with E-state index in [1.807, 2.05) is 0 Å². The van der Waals surface area contributed by atoms with Gasteiger partial charge in [0.15, 0.2) is 18.1 Å². The number of methoxy groups -OCH3 is 1. The van der Waals surface area contributed by atoms with Gasteiger partial charge in [0.1, 0.15) is 0 Å². The number of hydrogen-bond donors (Lipinski definition) is 2. The number of carbonyl (C=O) groups is 4. The summed E-state index contributed by atoms with van der Waals surface area (Å²) in [5, 5.41) is 17.2. The van der Waals surface area contributed by atoms with E-state index in [9.17, 15) is 19.2 Å². The number of amides is 2. The maximum Gasteiger partial charge on any atom is 0.341 e. The Morgan fingerprint density at radius 2 is 1.77 bits per heavy atom. The van der Waals surface area contributed by atoms with Crippen LogP contribution >= 0.6 is 11.8 Å². The molecule has 9 nitrogen and oxygen atoms in total. The van der Waals surface area contributed by atoms with E-state index in [-0.39, 0.29) is 28.5 Å². The van der Waals surface area contributed by atoms with Crippen molar-refractivity contribution in [2.24, 2.45) is 0 Å². The van der Waals surface area contributed by atoms with Crippen LogP contribution in [0.3, 0.4) is 0 Å². The minimum Gasteiger partial charge on any atom is -0.493 e. The average molecular weight is 443 g/mol. The van der Waals surface area contributed by atoms with Crippen molar-refractivity contribution in [3.05, 3.63) is 64.1 Å². The molecule has 31 heavy (non-hydrogen) atoms. The van der Waals surface area contributed by atoms with E-state index in [2.05, 4.69) is 0 Å². The fraction of sp³-hybridized carbons (Fsp3) is 0.143. The minimum atomic E-state index is -1.13. The number of hydrogen-bond acceptors (Lipinski definition) is 7. The molecule has 10 heteroatoms. The van der Waals surface area contributed by atoms with Gasteiger partial charge >= 0.3 is 11.9 Å². The number of carboxylic acid groups (broad SMARTS) is 2. The van der Waals surface area contributed by atoms with Crippen molar-refractivity contribution in [1.82, 2.24) is 4.90 Å². The van der Waals surface area contributed by atoms with Crippen molar-refractivity contribution >= 4 is 40.9 Å². The van der Waals surface area contributed by atoms with E-state index < -0.39 is 29.7 Å². The molecule has 0 radical (unpaired) electrons. The zero-order valence-corrected chi connectivity index (χ0v) is 17.0. The molecular weight excluding hydrogens is 426 g/mol. The monoisotopic (exact) mass is 443 g/mol. The third-order valence-electron chi connectivity index (χ3n) is 4.25. The van der Waals surface area contributed by atoms with Crippen LogP contribution in [0.4, 0.5) is 4.79 Å².